The van der Waals surface area contributed by atoms with Crippen molar-refractivity contribution >= 4 is 104 Å². The van der Waals surface area contributed by atoms with Crippen molar-refractivity contribution in [1.29, 1.82) is 21.0 Å². The Bertz CT molecular complexity index is 8520. The van der Waals surface area contributed by atoms with Crippen LogP contribution in [0, 0.1) is 103 Å². The lowest BCUT2D eigenvalue weighted by molar-refractivity contribution is 0.102. The summed E-state index contributed by atoms with van der Waals surface area (Å²) in [6.07, 6.45) is 12.8. The summed E-state index contributed by atoms with van der Waals surface area (Å²) < 4.78 is 162. The van der Waals surface area contributed by atoms with E-state index in [1.807, 2.05) is 78.0 Å². The monoisotopic (exact) mass is 2000 g/mol. The Balaban J connectivity index is 0.861. The maximum atomic E-state index is 16.9. The lowest BCUT2D eigenvalue weighted by Crippen LogP contribution is -2.16. The maximum absolute atomic E-state index is 16.9. The highest BCUT2D eigenvalue weighted by Gasteiger charge is 2.38. The van der Waals surface area contributed by atoms with Gasteiger partial charge in [-0.3, -0.25) is 4.79 Å². The number of aromatic amines is 4. The number of anilines is 1. The fourth-order valence-corrected chi connectivity index (χ4v) is 19.4. The number of carbonyl (C=O) groups is 1. The van der Waals surface area contributed by atoms with Gasteiger partial charge in [-0.25, -0.2) is 63.8 Å². The molecule has 10 heterocycles. The molecule has 0 aliphatic carbocycles. The number of carbonyl (C=O) groups excluding carboxylic acids is 1. The number of benzene rings is 8. The van der Waals surface area contributed by atoms with E-state index in [2.05, 4.69) is 229 Å². The van der Waals surface area contributed by atoms with E-state index in [9.17, 15) is 21.0 Å². The second kappa shape index (κ2) is 36.7. The van der Waals surface area contributed by atoms with Crippen LogP contribution in [0.3, 0.4) is 0 Å². The molecule has 16 bridgehead atoms. The summed E-state index contributed by atoms with van der Waals surface area (Å²) in [6.45, 7) is 50.2. The number of hydrogen-bond acceptors (Lipinski definition) is 9. The molecular formula is C125H109F10N13O. The molecule has 0 unspecified atom stereocenters. The lowest BCUT2D eigenvalue weighted by atomic mass is 9.78. The zero-order valence-electron chi connectivity index (χ0n) is 87.2. The van der Waals surface area contributed by atoms with E-state index >= 15 is 48.7 Å². The van der Waals surface area contributed by atoms with Crippen LogP contribution in [-0.4, -0.2) is 45.8 Å². The number of amides is 1. The van der Waals surface area contributed by atoms with Gasteiger partial charge in [0.05, 0.1) is 101 Å². The Morgan fingerprint density at radius 1 is 0.235 bits per heavy atom. The summed E-state index contributed by atoms with van der Waals surface area (Å²) in [5.74, 6) is -23.3. The third-order valence-electron chi connectivity index (χ3n) is 28.1. The highest BCUT2D eigenvalue weighted by atomic mass is 19.2. The van der Waals surface area contributed by atoms with Gasteiger partial charge < -0.3 is 25.3 Å². The summed E-state index contributed by atoms with van der Waals surface area (Å²) >= 11 is 0. The van der Waals surface area contributed by atoms with Crippen molar-refractivity contribution in [3.05, 3.63) is 322 Å². The molecule has 18 rings (SSSR count). The van der Waals surface area contributed by atoms with Crippen molar-refractivity contribution in [2.24, 2.45) is 0 Å². The minimum absolute atomic E-state index is 0.00609. The molecule has 0 spiro atoms. The Morgan fingerprint density at radius 2 is 0.430 bits per heavy atom. The number of hydrogen-bond donors (Lipinski definition) is 5. The van der Waals surface area contributed by atoms with Crippen molar-refractivity contribution in [2.75, 3.05) is 5.32 Å². The first kappa shape index (κ1) is 103. The number of aromatic nitrogens is 8. The van der Waals surface area contributed by atoms with Gasteiger partial charge in [0, 0.05) is 77.8 Å². The molecule has 0 saturated carbocycles. The van der Waals surface area contributed by atoms with Gasteiger partial charge in [0.25, 0.3) is 5.91 Å². The SMILES string of the molecule is CC(C)(C)c1cc(-c2c3nc(c(-c4c(F)c(F)c(F)c(F)c4F)c4ccc([nH]4)c(-c4ccc(NC(=O)c5ccc(-c6c7nc(c(-c8cc(C(C)(C)C)cc(C(C)(C)C)c8)c8[nH]c(c(C#N)c8C#N)c(-c8cc(C(C)(C)C)cc(C(C)(C)C)c8)c8nc(c(-c9cc(C(C)(C)C)cc(C(C)(C)C)c9)c9[nH]c6c(C#N)c9C#N)C=C8)C=C7)cc5)cc4)c4nc(c(-c5c(F)c(F)c(F)c(F)c5F)c5ccc2[nH]5)C=C4)C=C3)cc(C(C)(C)C)c1. The zero-order valence-corrected chi connectivity index (χ0v) is 87.2. The summed E-state index contributed by atoms with van der Waals surface area (Å²) in [5.41, 5.74) is 6.40. The molecule has 0 fully saturated rings. The van der Waals surface area contributed by atoms with E-state index in [1.165, 1.54) is 72.8 Å². The van der Waals surface area contributed by atoms with Crippen LogP contribution in [0.4, 0.5) is 49.6 Å². The third kappa shape index (κ3) is 18.5. The fraction of sp³-hybridized carbons (Fsp3) is 0.256. The molecule has 4 aliphatic rings. The maximum Gasteiger partial charge on any atom is 0.255 e. The van der Waals surface area contributed by atoms with Crippen LogP contribution in [0.2, 0.25) is 0 Å². The van der Waals surface area contributed by atoms with Gasteiger partial charge in [-0.2, -0.15) is 21.0 Å². The van der Waals surface area contributed by atoms with Crippen LogP contribution in [0.5, 0.6) is 0 Å². The number of nitrogens with zero attached hydrogens (tertiary/aromatic N) is 8. The van der Waals surface area contributed by atoms with E-state index < -0.39 is 130 Å². The second-order valence-corrected chi connectivity index (χ2v) is 46.8. The molecule has 1 amide bonds. The highest BCUT2D eigenvalue weighted by molar-refractivity contribution is 6.09. The predicted molar refractivity (Wildman–Crippen MR) is 577 cm³/mol. The smallest absolute Gasteiger partial charge is 0.255 e. The molecule has 14 aromatic rings. The van der Waals surface area contributed by atoms with Crippen LogP contribution >= 0.6 is 0 Å². The molecule has 4 aliphatic heterocycles. The van der Waals surface area contributed by atoms with Gasteiger partial charge in [0.1, 0.15) is 24.3 Å². The molecule has 0 radical (unpaired) electrons. The quantitative estimate of drug-likeness (QED) is 0.0496. The summed E-state index contributed by atoms with van der Waals surface area (Å²) in [5, 5.41) is 51.1. The first-order chi connectivity index (χ1) is 69.8. The Kier molecular flexibility index (Phi) is 25.3. The van der Waals surface area contributed by atoms with Gasteiger partial charge in [-0.15, -0.1) is 0 Å². The molecule has 0 atom stereocenters. The number of nitrogens with one attached hydrogen (secondary N) is 5. The molecule has 0 saturated heterocycles. The summed E-state index contributed by atoms with van der Waals surface area (Å²) in [7, 11) is 0. The Hall–Kier alpha value is -16.3. The minimum atomic E-state index is -2.43. The van der Waals surface area contributed by atoms with Gasteiger partial charge >= 0.3 is 0 Å². The van der Waals surface area contributed by atoms with E-state index in [0.717, 1.165) is 44.5 Å². The van der Waals surface area contributed by atoms with Crippen molar-refractivity contribution in [3.63, 3.8) is 0 Å². The van der Waals surface area contributed by atoms with Crippen molar-refractivity contribution in [1.82, 2.24) is 39.9 Å². The van der Waals surface area contributed by atoms with Crippen molar-refractivity contribution < 1.29 is 48.7 Å². The number of fused-ring (bicyclic) bond motifs is 16. The van der Waals surface area contributed by atoms with Crippen LogP contribution in [-0.2, 0) is 43.3 Å². The first-order valence-corrected chi connectivity index (χ1v) is 49.1. The van der Waals surface area contributed by atoms with E-state index in [-0.39, 0.29) is 117 Å². The Morgan fingerprint density at radius 3 is 0.671 bits per heavy atom. The molecule has 24 heteroatoms. The van der Waals surface area contributed by atoms with Crippen LogP contribution in [0.15, 0.2) is 146 Å². The average molecular weight is 2000 g/mol. The molecular weight excluding hydrogens is 1890 g/mol. The molecule has 750 valence electrons. The van der Waals surface area contributed by atoms with Crippen LogP contribution < -0.4 is 5.32 Å². The molecule has 149 heavy (non-hydrogen) atoms. The first-order valence-electron chi connectivity index (χ1n) is 49.1. The standard InChI is InChI=1S/C125H109F10N13O/c1-118(2,3)68-45-64(46-69(53-68)119(4,5)6)94-83-35-43-91(143-83)99(101-103(126)107(130)111(134)108(131)104(101)127)89-41-33-81(141-89)93(82-34-42-90(142-82)100(92-44-36-84(94)144-92)102-105(128)109(132)112(135)110(133)106(102)129)61-29-31-76(32-30-61)140-117(149)63-27-25-62(26-28-63)95-85-37-38-86(145-85)96(65-47-70(120(7,8)9)54-71(48-65)121(10,11)12)115-79(59-138)80(60-139)116(148-115)98(67-51-74(124(19,20)21)56-75(52-67)125(22,23)24)88-40-39-87(146-88)97(114-78(58-137)77(57-136)113(95)147-114)66-49-72(122(13,14)15)55-73(50-66)123(16,17)18/h25-56,141,144,147-148H,1-24H3,(H,140,149). The number of H-pyrrole nitrogens is 4. The minimum Gasteiger partial charge on any atom is -0.354 e. The average Bonchev–Trinajstić information content (AvgIpc) is 1.58. The van der Waals surface area contributed by atoms with E-state index in [4.69, 9.17) is 19.9 Å². The van der Waals surface area contributed by atoms with Gasteiger partial charge in [-0.05, 0) is 218 Å². The molecule has 8 aromatic carbocycles. The summed E-state index contributed by atoms with van der Waals surface area (Å²) in [6, 6.07) is 52.9. The molecule has 14 nitrogen and oxygen atoms in total. The Labute approximate surface area is 858 Å². The molecule has 6 aromatic heterocycles. The fourth-order valence-electron chi connectivity index (χ4n) is 19.4. The number of halogens is 10. The van der Waals surface area contributed by atoms with Crippen LogP contribution in [0.1, 0.15) is 289 Å². The van der Waals surface area contributed by atoms with Crippen molar-refractivity contribution in [2.45, 2.75) is 209 Å². The number of rotatable bonds is 10. The van der Waals surface area contributed by atoms with E-state index in [0.29, 0.717) is 72.7 Å². The van der Waals surface area contributed by atoms with Gasteiger partial charge in [0.15, 0.2) is 46.5 Å². The topological polar surface area (TPSA) is 239 Å². The number of nitriles is 4. The third-order valence-corrected chi connectivity index (χ3v) is 28.1. The summed E-state index contributed by atoms with van der Waals surface area (Å²) in [4.78, 5) is 50.3. The largest absolute Gasteiger partial charge is 0.354 e. The van der Waals surface area contributed by atoms with Crippen LogP contribution in [0.25, 0.3) is 182 Å². The lowest BCUT2D eigenvalue weighted by Gasteiger charge is -2.26. The molecule has 5 N–H and O–H groups in total. The second-order valence-electron chi connectivity index (χ2n) is 46.8. The predicted octanol–water partition coefficient (Wildman–Crippen LogP) is 33.5. The highest BCUT2D eigenvalue weighted by Crippen LogP contribution is 2.51. The van der Waals surface area contributed by atoms with Gasteiger partial charge in [0.2, 0.25) is 11.6 Å². The van der Waals surface area contributed by atoms with Crippen molar-refractivity contribution in [3.8, 4) is 113 Å². The zero-order chi connectivity index (χ0) is 108. The van der Waals surface area contributed by atoms with Gasteiger partial charge in [-0.1, -0.05) is 263 Å². The van der Waals surface area contributed by atoms with E-state index in [1.54, 1.807) is 30.3 Å². The normalized spacial score (nSPS) is 12.9.